The Labute approximate surface area is 131 Å². The fraction of sp³-hybridized carbons (Fsp3) is 0.429. The van der Waals surface area contributed by atoms with Gasteiger partial charge in [0.25, 0.3) is 11.8 Å². The van der Waals surface area contributed by atoms with Crippen molar-refractivity contribution in [1.29, 1.82) is 0 Å². The van der Waals surface area contributed by atoms with Gasteiger partial charge in [-0.15, -0.1) is 0 Å². The second kappa shape index (κ2) is 5.47. The first-order valence-corrected chi connectivity index (χ1v) is 8.57. The average molecular weight is 347 g/mol. The van der Waals surface area contributed by atoms with Gasteiger partial charge in [-0.1, -0.05) is 26.0 Å². The van der Waals surface area contributed by atoms with Gasteiger partial charge in [0.05, 0.1) is 11.1 Å². The molecule has 0 radical (unpaired) electrons. The quantitative estimate of drug-likeness (QED) is 0.631. The number of benzene rings is 1. The van der Waals surface area contributed by atoms with Gasteiger partial charge in [-0.3, -0.25) is 19.1 Å². The van der Waals surface area contributed by atoms with Crippen LogP contribution < -0.4 is 0 Å². The molecule has 2 N–H and O–H groups in total. The van der Waals surface area contributed by atoms with Crippen LogP contribution in [0.25, 0.3) is 0 Å². The monoisotopic (exact) mass is 347 g/mol. The third kappa shape index (κ3) is 2.24. The van der Waals surface area contributed by atoms with E-state index in [9.17, 15) is 22.9 Å². The van der Waals surface area contributed by atoms with E-state index in [1.54, 1.807) is 0 Å². The van der Waals surface area contributed by atoms with Crippen LogP contribution in [0.3, 0.4) is 0 Å². The third-order valence-electron chi connectivity index (χ3n) is 4.32. The molecule has 6 nitrogen and oxygen atoms in total. The summed E-state index contributed by atoms with van der Waals surface area (Å²) in [4.78, 5) is 43.5. The highest BCUT2D eigenvalue weighted by molar-refractivity contribution is 7.53. The maximum Gasteiger partial charge on any atom is 0.397 e. The Bertz CT molecular complexity index is 676. The van der Waals surface area contributed by atoms with Gasteiger partial charge in [-0.25, -0.2) is 0 Å². The van der Waals surface area contributed by atoms with Gasteiger partial charge in [0.1, 0.15) is 5.54 Å². The first-order chi connectivity index (χ1) is 10.5. The molecule has 1 aromatic carbocycles. The Kier molecular flexibility index (Phi) is 4.22. The molecule has 2 amide bonds. The molecule has 23 heavy (non-hydrogen) atoms. The van der Waals surface area contributed by atoms with E-state index < -0.39 is 43.5 Å². The predicted octanol–water partition coefficient (Wildman–Crippen LogP) is 2.61. The SMILES string of the molecule is CCC(CC)(N1C(=O)c2ccccc2C1=O)C(F)(F)P(=O)(O)O. The van der Waals surface area contributed by atoms with Crippen LogP contribution >= 0.6 is 7.60 Å². The van der Waals surface area contributed by atoms with Gasteiger partial charge < -0.3 is 9.79 Å². The third-order valence-corrected chi connectivity index (χ3v) is 5.47. The van der Waals surface area contributed by atoms with E-state index in [1.807, 2.05) is 0 Å². The summed E-state index contributed by atoms with van der Waals surface area (Å²) in [6.45, 7) is 2.52. The van der Waals surface area contributed by atoms with E-state index >= 15 is 0 Å². The van der Waals surface area contributed by atoms with Crippen LogP contribution in [0.2, 0.25) is 0 Å². The molecule has 0 bridgehead atoms. The zero-order valence-electron chi connectivity index (χ0n) is 12.5. The molecule has 0 saturated heterocycles. The highest BCUT2D eigenvalue weighted by atomic mass is 31.2. The summed E-state index contributed by atoms with van der Waals surface area (Å²) in [5, 5.41) is 0. The smallest absolute Gasteiger partial charge is 0.320 e. The lowest BCUT2D eigenvalue weighted by Gasteiger charge is -2.44. The molecule has 9 heteroatoms. The van der Waals surface area contributed by atoms with Gasteiger partial charge in [0.15, 0.2) is 0 Å². The average Bonchev–Trinajstić information content (AvgIpc) is 2.74. The fourth-order valence-corrected chi connectivity index (χ4v) is 3.93. The van der Waals surface area contributed by atoms with E-state index in [0.29, 0.717) is 4.90 Å². The summed E-state index contributed by atoms with van der Waals surface area (Å²) < 4.78 is 40.5. The molecule has 1 heterocycles. The van der Waals surface area contributed by atoms with Crippen molar-refractivity contribution >= 4 is 19.4 Å². The minimum Gasteiger partial charge on any atom is -0.320 e. The van der Waals surface area contributed by atoms with Crippen LogP contribution in [0.5, 0.6) is 0 Å². The van der Waals surface area contributed by atoms with Crippen LogP contribution in [-0.4, -0.2) is 37.7 Å². The van der Waals surface area contributed by atoms with Gasteiger partial charge in [-0.2, -0.15) is 8.78 Å². The Morgan fingerprint density at radius 3 is 1.74 bits per heavy atom. The van der Waals surface area contributed by atoms with Crippen LogP contribution in [0.15, 0.2) is 24.3 Å². The van der Waals surface area contributed by atoms with Crippen molar-refractivity contribution in [3.05, 3.63) is 35.4 Å². The minimum atomic E-state index is -5.90. The standard InChI is InChI=1S/C14H16F2NO5P/c1-3-13(4-2,14(15,16)23(20,21)22)17-11(18)9-7-5-6-8-10(9)12(17)19/h5-8H,3-4H2,1-2H3,(H2,20,21,22). The normalized spacial score (nSPS) is 16.0. The van der Waals surface area contributed by atoms with Gasteiger partial charge >= 0.3 is 13.3 Å². The second-order valence-corrected chi connectivity index (χ2v) is 6.96. The fourth-order valence-electron chi connectivity index (χ4n) is 2.98. The number of halogens is 2. The molecule has 1 aliphatic rings. The predicted molar refractivity (Wildman–Crippen MR) is 77.2 cm³/mol. The van der Waals surface area contributed by atoms with Crippen molar-refractivity contribution in [3.63, 3.8) is 0 Å². The lowest BCUT2D eigenvalue weighted by atomic mass is 9.90. The van der Waals surface area contributed by atoms with Crippen molar-refractivity contribution < 1.29 is 32.7 Å². The minimum absolute atomic E-state index is 0.0507. The number of hydrogen-bond acceptors (Lipinski definition) is 3. The number of carbonyl (C=O) groups excluding carboxylic acids is 2. The number of hydrogen-bond donors (Lipinski definition) is 2. The first-order valence-electron chi connectivity index (χ1n) is 6.96. The number of imide groups is 1. The molecule has 0 unspecified atom stereocenters. The van der Waals surface area contributed by atoms with E-state index in [-0.39, 0.29) is 11.1 Å². The Hall–Kier alpha value is -1.63. The Morgan fingerprint density at radius 1 is 1.04 bits per heavy atom. The van der Waals surface area contributed by atoms with Crippen LogP contribution in [-0.2, 0) is 4.57 Å². The van der Waals surface area contributed by atoms with Crippen molar-refractivity contribution in [3.8, 4) is 0 Å². The summed E-state index contributed by atoms with van der Waals surface area (Å²) in [6.07, 6.45) is -0.986. The van der Waals surface area contributed by atoms with Crippen LogP contribution in [0, 0.1) is 0 Å². The maximum atomic E-state index is 14.6. The molecule has 0 aliphatic carbocycles. The summed E-state index contributed by atoms with van der Waals surface area (Å²) in [5.74, 6) is -1.94. The molecule has 0 saturated carbocycles. The van der Waals surface area contributed by atoms with E-state index in [2.05, 4.69) is 0 Å². The van der Waals surface area contributed by atoms with Gasteiger partial charge in [0, 0.05) is 0 Å². The molecular formula is C14H16F2NO5P. The maximum absolute atomic E-state index is 14.6. The molecule has 0 aromatic heterocycles. The molecule has 0 spiro atoms. The van der Waals surface area contributed by atoms with Crippen molar-refractivity contribution in [2.24, 2.45) is 0 Å². The summed E-state index contributed by atoms with van der Waals surface area (Å²) in [7, 11) is -5.90. The van der Waals surface area contributed by atoms with Crippen LogP contribution in [0.1, 0.15) is 47.4 Å². The number of fused-ring (bicyclic) bond motifs is 1. The lowest BCUT2D eigenvalue weighted by Crippen LogP contribution is -2.61. The topological polar surface area (TPSA) is 94.9 Å². The van der Waals surface area contributed by atoms with E-state index in [4.69, 9.17) is 9.79 Å². The van der Waals surface area contributed by atoms with E-state index in [1.165, 1.54) is 38.1 Å². The number of carbonyl (C=O) groups is 2. The summed E-state index contributed by atoms with van der Waals surface area (Å²) >= 11 is 0. The summed E-state index contributed by atoms with van der Waals surface area (Å²) in [5.41, 5.74) is -7.26. The molecule has 0 atom stereocenters. The number of nitrogens with zero attached hydrogens (tertiary/aromatic N) is 1. The highest BCUT2D eigenvalue weighted by Gasteiger charge is 2.68. The lowest BCUT2D eigenvalue weighted by molar-refractivity contribution is -0.0793. The molecule has 126 valence electrons. The number of rotatable bonds is 5. The molecule has 1 aliphatic heterocycles. The van der Waals surface area contributed by atoms with Gasteiger partial charge in [-0.05, 0) is 25.0 Å². The summed E-state index contributed by atoms with van der Waals surface area (Å²) in [6, 6.07) is 5.60. The van der Waals surface area contributed by atoms with E-state index in [0.717, 1.165) is 0 Å². The molecule has 1 aromatic rings. The largest absolute Gasteiger partial charge is 0.397 e. The Balaban J connectivity index is 2.68. The molecule has 0 fully saturated rings. The van der Waals surface area contributed by atoms with Crippen molar-refractivity contribution in [1.82, 2.24) is 4.90 Å². The zero-order chi connectivity index (χ0) is 17.6. The Morgan fingerprint density at radius 2 is 1.43 bits per heavy atom. The van der Waals surface area contributed by atoms with Crippen molar-refractivity contribution in [2.45, 2.75) is 37.9 Å². The number of alkyl halides is 2. The molecule has 2 rings (SSSR count). The van der Waals surface area contributed by atoms with Crippen molar-refractivity contribution in [2.75, 3.05) is 0 Å². The van der Waals surface area contributed by atoms with Gasteiger partial charge in [0.2, 0.25) is 0 Å². The molecular weight excluding hydrogens is 331 g/mol. The number of amides is 2. The second-order valence-electron chi connectivity index (χ2n) is 5.32. The van der Waals surface area contributed by atoms with Crippen LogP contribution in [0.4, 0.5) is 8.78 Å². The first kappa shape index (κ1) is 17.7. The zero-order valence-corrected chi connectivity index (χ0v) is 13.4. The highest BCUT2D eigenvalue weighted by Crippen LogP contribution is 2.62.